The number of nitrogens with zero attached hydrogens (tertiary/aromatic N) is 2. The standard InChI is InChI=1S/C21H25FN4O2/c1-15(2)23-21(28)24-18-9-5-3-7-16(18)20(27)26-13-11-25(12-14-26)19-10-6-4-8-17(19)22/h3-10,15H,11-14H2,1-2H3,(H2,23,24,28). The molecule has 1 aliphatic heterocycles. The van der Waals surface area contributed by atoms with Crippen molar-refractivity contribution >= 4 is 23.3 Å². The van der Waals surface area contributed by atoms with Gasteiger partial charge in [0.2, 0.25) is 0 Å². The van der Waals surface area contributed by atoms with Gasteiger partial charge in [-0.05, 0) is 38.1 Å². The van der Waals surface area contributed by atoms with Crippen LogP contribution in [0.1, 0.15) is 24.2 Å². The average molecular weight is 384 g/mol. The molecule has 0 bridgehead atoms. The minimum absolute atomic E-state index is 0.00526. The number of hydrogen-bond acceptors (Lipinski definition) is 3. The Hall–Kier alpha value is -3.09. The second-order valence-electron chi connectivity index (χ2n) is 7.03. The van der Waals surface area contributed by atoms with Crippen molar-refractivity contribution in [1.29, 1.82) is 0 Å². The van der Waals surface area contributed by atoms with Gasteiger partial charge in [-0.25, -0.2) is 9.18 Å². The summed E-state index contributed by atoms with van der Waals surface area (Å²) < 4.78 is 14.0. The zero-order valence-corrected chi connectivity index (χ0v) is 16.1. The summed E-state index contributed by atoms with van der Waals surface area (Å²) in [5, 5.41) is 5.50. The zero-order valence-electron chi connectivity index (χ0n) is 16.1. The van der Waals surface area contributed by atoms with E-state index in [0.29, 0.717) is 43.1 Å². The van der Waals surface area contributed by atoms with E-state index in [9.17, 15) is 14.0 Å². The predicted molar refractivity (Wildman–Crippen MR) is 108 cm³/mol. The van der Waals surface area contributed by atoms with Crippen LogP contribution in [0.5, 0.6) is 0 Å². The lowest BCUT2D eigenvalue weighted by atomic mass is 10.1. The van der Waals surface area contributed by atoms with Gasteiger partial charge < -0.3 is 20.4 Å². The molecular weight excluding hydrogens is 359 g/mol. The van der Waals surface area contributed by atoms with E-state index in [1.54, 1.807) is 47.4 Å². The topological polar surface area (TPSA) is 64.7 Å². The van der Waals surface area contributed by atoms with E-state index in [0.717, 1.165) is 0 Å². The van der Waals surface area contributed by atoms with E-state index in [2.05, 4.69) is 10.6 Å². The van der Waals surface area contributed by atoms with Gasteiger partial charge in [-0.3, -0.25) is 4.79 Å². The minimum Gasteiger partial charge on any atom is -0.366 e. The number of carbonyl (C=O) groups excluding carboxylic acids is 2. The van der Waals surface area contributed by atoms with Crippen LogP contribution in [-0.4, -0.2) is 49.1 Å². The molecule has 1 heterocycles. The molecule has 148 valence electrons. The summed E-state index contributed by atoms with van der Waals surface area (Å²) >= 11 is 0. The van der Waals surface area contributed by atoms with Crippen molar-refractivity contribution in [3.8, 4) is 0 Å². The van der Waals surface area contributed by atoms with Crippen LogP contribution in [0.2, 0.25) is 0 Å². The van der Waals surface area contributed by atoms with Crippen molar-refractivity contribution in [3.05, 3.63) is 59.9 Å². The summed E-state index contributed by atoms with van der Waals surface area (Å²) in [7, 11) is 0. The first-order valence-corrected chi connectivity index (χ1v) is 9.41. The summed E-state index contributed by atoms with van der Waals surface area (Å²) in [6.45, 7) is 5.81. The first-order valence-electron chi connectivity index (χ1n) is 9.41. The lowest BCUT2D eigenvalue weighted by Gasteiger charge is -2.36. The molecule has 0 aromatic heterocycles. The van der Waals surface area contributed by atoms with Gasteiger partial charge in [0.1, 0.15) is 5.82 Å². The maximum Gasteiger partial charge on any atom is 0.319 e. The van der Waals surface area contributed by atoms with Crippen molar-refractivity contribution in [2.75, 3.05) is 36.4 Å². The molecule has 7 heteroatoms. The van der Waals surface area contributed by atoms with Crippen LogP contribution in [0.25, 0.3) is 0 Å². The van der Waals surface area contributed by atoms with Crippen molar-refractivity contribution in [2.45, 2.75) is 19.9 Å². The minimum atomic E-state index is -0.348. The number of nitrogens with one attached hydrogen (secondary N) is 2. The van der Waals surface area contributed by atoms with E-state index in [-0.39, 0.29) is 23.8 Å². The molecule has 0 radical (unpaired) electrons. The van der Waals surface area contributed by atoms with Gasteiger partial charge in [0.05, 0.1) is 16.9 Å². The van der Waals surface area contributed by atoms with Crippen molar-refractivity contribution in [1.82, 2.24) is 10.2 Å². The Labute approximate surface area is 164 Å². The third-order valence-corrected chi connectivity index (χ3v) is 4.59. The molecule has 3 rings (SSSR count). The Morgan fingerprint density at radius 3 is 2.29 bits per heavy atom. The molecule has 0 saturated carbocycles. The third-order valence-electron chi connectivity index (χ3n) is 4.59. The lowest BCUT2D eigenvalue weighted by molar-refractivity contribution is 0.0747. The second-order valence-corrected chi connectivity index (χ2v) is 7.03. The number of hydrogen-bond donors (Lipinski definition) is 2. The van der Waals surface area contributed by atoms with Crippen LogP contribution in [0.3, 0.4) is 0 Å². The monoisotopic (exact) mass is 384 g/mol. The van der Waals surface area contributed by atoms with Crippen LogP contribution < -0.4 is 15.5 Å². The predicted octanol–water partition coefficient (Wildman–Crippen LogP) is 3.32. The number of benzene rings is 2. The Morgan fingerprint density at radius 1 is 0.964 bits per heavy atom. The number of carbonyl (C=O) groups is 2. The molecule has 6 nitrogen and oxygen atoms in total. The molecule has 1 saturated heterocycles. The normalized spacial score (nSPS) is 14.1. The first kappa shape index (κ1) is 19.7. The first-order chi connectivity index (χ1) is 13.5. The largest absolute Gasteiger partial charge is 0.366 e. The van der Waals surface area contributed by atoms with E-state index >= 15 is 0 Å². The van der Waals surface area contributed by atoms with Crippen LogP contribution in [0, 0.1) is 5.82 Å². The number of halogens is 1. The Kier molecular flexibility index (Phi) is 6.13. The number of amides is 3. The van der Waals surface area contributed by atoms with Crippen LogP contribution in [0.15, 0.2) is 48.5 Å². The maximum absolute atomic E-state index is 14.0. The van der Waals surface area contributed by atoms with Crippen LogP contribution in [0.4, 0.5) is 20.6 Å². The fraction of sp³-hybridized carbons (Fsp3) is 0.333. The average Bonchev–Trinajstić information content (AvgIpc) is 2.68. The summed E-state index contributed by atoms with van der Waals surface area (Å²) in [5.41, 5.74) is 1.48. The van der Waals surface area contributed by atoms with Gasteiger partial charge in [0.15, 0.2) is 0 Å². The molecule has 2 aromatic carbocycles. The zero-order chi connectivity index (χ0) is 20.1. The van der Waals surface area contributed by atoms with Gasteiger partial charge >= 0.3 is 6.03 Å². The van der Waals surface area contributed by atoms with Gasteiger partial charge in [0, 0.05) is 32.2 Å². The highest BCUT2D eigenvalue weighted by Crippen LogP contribution is 2.22. The van der Waals surface area contributed by atoms with Crippen LogP contribution in [-0.2, 0) is 0 Å². The highest BCUT2D eigenvalue weighted by Gasteiger charge is 2.25. The molecule has 3 amide bonds. The lowest BCUT2D eigenvalue weighted by Crippen LogP contribution is -2.49. The van der Waals surface area contributed by atoms with Gasteiger partial charge in [-0.2, -0.15) is 0 Å². The maximum atomic E-state index is 14.0. The SMILES string of the molecule is CC(C)NC(=O)Nc1ccccc1C(=O)N1CCN(c2ccccc2F)CC1. The van der Waals surface area contributed by atoms with E-state index in [1.807, 2.05) is 18.7 Å². The van der Waals surface area contributed by atoms with Gasteiger partial charge in [-0.1, -0.05) is 24.3 Å². The molecule has 2 N–H and O–H groups in total. The molecule has 0 aliphatic carbocycles. The van der Waals surface area contributed by atoms with E-state index in [4.69, 9.17) is 0 Å². The van der Waals surface area contributed by atoms with Crippen LogP contribution >= 0.6 is 0 Å². The number of urea groups is 1. The molecule has 0 atom stereocenters. The molecule has 28 heavy (non-hydrogen) atoms. The fourth-order valence-electron chi connectivity index (χ4n) is 3.23. The molecule has 2 aromatic rings. The van der Waals surface area contributed by atoms with Crippen molar-refractivity contribution in [3.63, 3.8) is 0 Å². The van der Waals surface area contributed by atoms with Crippen molar-refractivity contribution in [2.24, 2.45) is 0 Å². The van der Waals surface area contributed by atoms with Gasteiger partial charge in [-0.15, -0.1) is 0 Å². The molecule has 0 unspecified atom stereocenters. The Morgan fingerprint density at radius 2 is 1.61 bits per heavy atom. The number of rotatable bonds is 4. The summed E-state index contributed by atoms with van der Waals surface area (Å²) in [5.74, 6) is -0.401. The number of piperazine rings is 1. The third kappa shape index (κ3) is 4.60. The van der Waals surface area contributed by atoms with E-state index < -0.39 is 0 Å². The summed E-state index contributed by atoms with van der Waals surface area (Å²) in [6, 6.07) is 13.3. The molecule has 1 aliphatic rings. The Balaban J connectivity index is 1.67. The second kappa shape index (κ2) is 8.73. The quantitative estimate of drug-likeness (QED) is 0.850. The fourth-order valence-corrected chi connectivity index (χ4v) is 3.23. The summed E-state index contributed by atoms with van der Waals surface area (Å²) in [6.07, 6.45) is 0. The number of anilines is 2. The molecule has 1 fully saturated rings. The molecule has 0 spiro atoms. The smallest absolute Gasteiger partial charge is 0.319 e. The number of para-hydroxylation sites is 2. The van der Waals surface area contributed by atoms with Crippen molar-refractivity contribution < 1.29 is 14.0 Å². The highest BCUT2D eigenvalue weighted by atomic mass is 19.1. The van der Waals surface area contributed by atoms with Gasteiger partial charge in [0.25, 0.3) is 5.91 Å². The molecular formula is C21H25FN4O2. The van der Waals surface area contributed by atoms with E-state index in [1.165, 1.54) is 6.07 Å². The highest BCUT2D eigenvalue weighted by molar-refractivity contribution is 6.03. The Bertz CT molecular complexity index is 848. The summed E-state index contributed by atoms with van der Waals surface area (Å²) in [4.78, 5) is 28.7.